The van der Waals surface area contributed by atoms with Crippen LogP contribution in [0.1, 0.15) is 6.42 Å². The number of phenols is 3. The topological polar surface area (TPSA) is 151 Å². The lowest BCUT2D eigenvalue weighted by molar-refractivity contribution is -0.873. The summed E-state index contributed by atoms with van der Waals surface area (Å²) in [5.41, 5.74) is 0.522. The van der Waals surface area contributed by atoms with Crippen LogP contribution in [0.15, 0.2) is 51.9 Å². The van der Waals surface area contributed by atoms with Gasteiger partial charge in [-0.1, -0.05) is 12.1 Å². The van der Waals surface area contributed by atoms with Gasteiger partial charge in [0.1, 0.15) is 47.1 Å². The lowest BCUT2D eigenvalue weighted by atomic mass is 10.0. The van der Waals surface area contributed by atoms with Crippen molar-refractivity contribution in [2.45, 2.75) is 12.5 Å². The third kappa shape index (κ3) is 6.73. The fraction of sp³-hybridized carbons (Fsp3) is 0.273. The number of fused-ring (bicyclic) bond motifs is 1. The van der Waals surface area contributed by atoms with Crippen molar-refractivity contribution in [1.29, 1.82) is 0 Å². The molecule has 0 saturated carbocycles. The summed E-state index contributed by atoms with van der Waals surface area (Å²) in [6, 6.07) is 8.40. The number of carbonyl (C=O) groups excluding carboxylic acids is 1. The second kappa shape index (κ2) is 9.50. The molecule has 1 atom stereocenters. The van der Waals surface area contributed by atoms with Crippen molar-refractivity contribution >= 4 is 16.9 Å². The quantitative estimate of drug-likeness (QED) is 0.433. The number of aliphatic carboxylic acids is 1. The van der Waals surface area contributed by atoms with Crippen molar-refractivity contribution in [3.8, 4) is 28.4 Å². The van der Waals surface area contributed by atoms with Gasteiger partial charge in [0.25, 0.3) is 0 Å². The molecule has 31 heavy (non-hydrogen) atoms. The fourth-order valence-electron chi connectivity index (χ4n) is 2.95. The molecule has 3 aromatic rings. The van der Waals surface area contributed by atoms with Gasteiger partial charge in [0.15, 0.2) is 0 Å². The van der Waals surface area contributed by atoms with E-state index in [4.69, 9.17) is 9.52 Å². The number of aromatic hydroxyl groups is 3. The Morgan fingerprint density at radius 1 is 1.06 bits per heavy atom. The summed E-state index contributed by atoms with van der Waals surface area (Å²) < 4.78 is 5.84. The zero-order valence-electron chi connectivity index (χ0n) is 17.4. The first kappa shape index (κ1) is 23.7. The molecule has 9 nitrogen and oxygen atoms in total. The maximum Gasteiger partial charge on any atom is 0.204 e. The van der Waals surface area contributed by atoms with E-state index in [0.29, 0.717) is 16.6 Å². The zero-order valence-corrected chi connectivity index (χ0v) is 17.4. The maximum absolute atomic E-state index is 12.4. The van der Waals surface area contributed by atoms with Gasteiger partial charge in [-0.15, -0.1) is 0 Å². The predicted octanol–water partition coefficient (Wildman–Crippen LogP) is 0.770. The number of nitrogens with zero attached hydrogens (tertiary/aromatic N) is 1. The molecule has 0 spiro atoms. The highest BCUT2D eigenvalue weighted by atomic mass is 16.4. The molecule has 3 rings (SSSR count). The van der Waals surface area contributed by atoms with E-state index in [0.717, 1.165) is 6.07 Å². The Bertz CT molecular complexity index is 1110. The van der Waals surface area contributed by atoms with E-state index in [-0.39, 0.29) is 40.2 Å². The highest BCUT2D eigenvalue weighted by Gasteiger charge is 2.15. The molecular formula is C22H25NO8. The fourth-order valence-corrected chi connectivity index (χ4v) is 2.95. The third-order valence-corrected chi connectivity index (χ3v) is 4.18. The Hall–Kier alpha value is -3.56. The van der Waals surface area contributed by atoms with Gasteiger partial charge in [-0.3, -0.25) is 4.79 Å². The Balaban J connectivity index is 0.000000267. The predicted molar refractivity (Wildman–Crippen MR) is 111 cm³/mol. The maximum atomic E-state index is 12.4. The summed E-state index contributed by atoms with van der Waals surface area (Å²) >= 11 is 0. The van der Waals surface area contributed by atoms with Gasteiger partial charge >= 0.3 is 0 Å². The first-order chi connectivity index (χ1) is 14.4. The van der Waals surface area contributed by atoms with Crippen molar-refractivity contribution < 1.29 is 39.2 Å². The molecule has 0 fully saturated rings. The standard InChI is InChI=1S/C15H10O5.C7H15NO3/c16-9-3-1-8(2-4-9)11-7-20-13-6-10(17)5-12(18)14(13)15(11)19;1-8(2,3)5-6(9)4-7(10)11/h1-7,16-18H;6,9H,4-5H2,1-3H3/t;6-/m.1/s1. The summed E-state index contributed by atoms with van der Waals surface area (Å²) in [4.78, 5) is 22.4. The highest BCUT2D eigenvalue weighted by molar-refractivity contribution is 5.88. The van der Waals surface area contributed by atoms with Gasteiger partial charge in [0.05, 0.1) is 26.7 Å². The summed E-state index contributed by atoms with van der Waals surface area (Å²) in [7, 11) is 5.66. The second-order valence-electron chi connectivity index (χ2n) is 8.07. The molecule has 1 heterocycles. The monoisotopic (exact) mass is 431 g/mol. The van der Waals surface area contributed by atoms with Crippen molar-refractivity contribution in [3.63, 3.8) is 0 Å². The molecule has 2 aromatic carbocycles. The number of carbonyl (C=O) groups is 1. The molecule has 0 saturated heterocycles. The molecule has 0 aliphatic rings. The normalized spacial score (nSPS) is 12.1. The van der Waals surface area contributed by atoms with Crippen LogP contribution < -0.4 is 10.5 Å². The van der Waals surface area contributed by atoms with Crippen LogP contribution in [0.5, 0.6) is 17.2 Å². The van der Waals surface area contributed by atoms with Crippen LogP contribution in [0.4, 0.5) is 0 Å². The van der Waals surface area contributed by atoms with E-state index >= 15 is 0 Å². The van der Waals surface area contributed by atoms with Crippen LogP contribution in [-0.4, -0.2) is 64.7 Å². The van der Waals surface area contributed by atoms with Crippen LogP contribution in [0, 0.1) is 0 Å². The lowest BCUT2D eigenvalue weighted by Crippen LogP contribution is -2.43. The van der Waals surface area contributed by atoms with Gasteiger partial charge < -0.3 is 39.2 Å². The Labute approximate surface area is 178 Å². The molecule has 166 valence electrons. The molecule has 0 bridgehead atoms. The van der Waals surface area contributed by atoms with Crippen LogP contribution in [0.3, 0.4) is 0 Å². The average Bonchev–Trinajstić information content (AvgIpc) is 2.60. The summed E-state index contributed by atoms with van der Waals surface area (Å²) in [6.45, 7) is 0.425. The molecule has 0 aliphatic heterocycles. The molecular weight excluding hydrogens is 406 g/mol. The molecule has 4 N–H and O–H groups in total. The summed E-state index contributed by atoms with van der Waals surface area (Å²) in [5.74, 6) is -1.64. The number of benzene rings is 2. The number of quaternary nitrogens is 1. The van der Waals surface area contributed by atoms with E-state index in [1.54, 1.807) is 12.1 Å². The average molecular weight is 431 g/mol. The number of carboxylic acids is 1. The number of aliphatic hydroxyl groups is 1. The van der Waals surface area contributed by atoms with Crippen LogP contribution in [0.2, 0.25) is 0 Å². The molecule has 0 amide bonds. The van der Waals surface area contributed by atoms with E-state index < -0.39 is 17.5 Å². The van der Waals surface area contributed by atoms with E-state index in [2.05, 4.69) is 0 Å². The summed E-state index contributed by atoms with van der Waals surface area (Å²) in [5, 5.41) is 47.6. The minimum atomic E-state index is -1.20. The van der Waals surface area contributed by atoms with Crippen molar-refractivity contribution in [2.24, 2.45) is 0 Å². The van der Waals surface area contributed by atoms with Crippen molar-refractivity contribution in [3.05, 3.63) is 52.9 Å². The first-order valence-electron chi connectivity index (χ1n) is 9.32. The number of hydrogen-bond donors (Lipinski definition) is 4. The van der Waals surface area contributed by atoms with Gasteiger partial charge in [0, 0.05) is 24.5 Å². The molecule has 9 heteroatoms. The molecule has 0 radical (unpaired) electrons. The number of aliphatic hydroxyl groups excluding tert-OH is 1. The molecule has 0 unspecified atom stereocenters. The third-order valence-electron chi connectivity index (χ3n) is 4.18. The minimum absolute atomic E-state index is 0.00775. The van der Waals surface area contributed by atoms with Crippen LogP contribution in [0.25, 0.3) is 22.1 Å². The smallest absolute Gasteiger partial charge is 0.204 e. The molecule has 1 aromatic heterocycles. The Morgan fingerprint density at radius 2 is 1.68 bits per heavy atom. The highest BCUT2D eigenvalue weighted by Crippen LogP contribution is 2.29. The van der Waals surface area contributed by atoms with Gasteiger partial charge in [0.2, 0.25) is 5.43 Å². The Kier molecular flexibility index (Phi) is 7.27. The largest absolute Gasteiger partial charge is 0.550 e. The number of phenolic OH excluding ortho intramolecular Hbond substituents is 3. The van der Waals surface area contributed by atoms with Gasteiger partial charge in [-0.25, -0.2) is 0 Å². The van der Waals surface area contributed by atoms with Gasteiger partial charge in [-0.05, 0) is 17.7 Å². The summed E-state index contributed by atoms with van der Waals surface area (Å²) in [6.07, 6.45) is 0.172. The zero-order chi connectivity index (χ0) is 23.3. The van der Waals surface area contributed by atoms with Crippen molar-refractivity contribution in [1.82, 2.24) is 0 Å². The number of carboxylic acid groups (broad SMARTS) is 1. The van der Waals surface area contributed by atoms with E-state index in [9.17, 15) is 30.0 Å². The number of rotatable bonds is 5. The number of hydrogen-bond acceptors (Lipinski definition) is 8. The van der Waals surface area contributed by atoms with E-state index in [1.165, 1.54) is 24.5 Å². The van der Waals surface area contributed by atoms with Gasteiger partial charge in [-0.2, -0.15) is 0 Å². The lowest BCUT2D eigenvalue weighted by Gasteiger charge is -2.26. The van der Waals surface area contributed by atoms with E-state index in [1.807, 2.05) is 21.1 Å². The van der Waals surface area contributed by atoms with Crippen molar-refractivity contribution in [2.75, 3.05) is 27.7 Å². The Morgan fingerprint density at radius 3 is 2.23 bits per heavy atom. The molecule has 0 aliphatic carbocycles. The second-order valence-corrected chi connectivity index (χ2v) is 8.07. The minimum Gasteiger partial charge on any atom is -0.550 e. The number of likely N-dealkylation sites (N-methyl/N-ethyl adjacent to an activating group) is 1. The van der Waals surface area contributed by atoms with Crippen LogP contribution >= 0.6 is 0 Å². The first-order valence-corrected chi connectivity index (χ1v) is 9.32. The SMILES string of the molecule is C[N+](C)(C)C[C@H](O)CC(=O)[O-].O=c1c(-c2ccc(O)cc2)coc2cc(O)cc(O)c12. The van der Waals surface area contributed by atoms with Crippen LogP contribution in [-0.2, 0) is 4.79 Å².